The van der Waals surface area contributed by atoms with Gasteiger partial charge < -0.3 is 10.2 Å². The molecule has 0 saturated carbocycles. The molecule has 0 saturated heterocycles. The molecule has 3 nitrogen and oxygen atoms in total. The van der Waals surface area contributed by atoms with Gasteiger partial charge in [-0.15, -0.1) is 0 Å². The molecule has 0 aliphatic rings. The first-order valence-electron chi connectivity index (χ1n) is 5.98. The van der Waals surface area contributed by atoms with Crippen LogP contribution in [0.1, 0.15) is 21.5 Å². The first-order valence-corrected chi connectivity index (χ1v) is 6.78. The summed E-state index contributed by atoms with van der Waals surface area (Å²) in [4.78, 5) is 12.0. The van der Waals surface area contributed by atoms with Gasteiger partial charge in [0, 0.05) is 10.0 Å². The van der Waals surface area contributed by atoms with Gasteiger partial charge in [-0.2, -0.15) is 0 Å². The number of phenolic OH excluding ortho intramolecular Hbond substituents is 2. The molecule has 0 amide bonds. The summed E-state index contributed by atoms with van der Waals surface area (Å²) >= 11 is 3.34. The number of phenols is 2. The summed E-state index contributed by atoms with van der Waals surface area (Å²) in [5, 5.41) is 19.3. The van der Waals surface area contributed by atoms with Crippen molar-refractivity contribution in [3.8, 4) is 11.5 Å². The largest absolute Gasteiger partial charge is 0.508 e. The number of rotatable bonds is 3. The van der Waals surface area contributed by atoms with Gasteiger partial charge in [0.1, 0.15) is 11.5 Å². The van der Waals surface area contributed by atoms with E-state index < -0.39 is 0 Å². The monoisotopic (exact) mass is 332 g/mol. The number of benzene rings is 2. The highest BCUT2D eigenvalue weighted by atomic mass is 79.9. The van der Waals surface area contributed by atoms with Crippen molar-refractivity contribution in [2.45, 2.75) is 6.92 Å². The molecule has 4 heteroatoms. The fraction of sp³-hybridized carbons (Fsp3) is 0.0625. The first-order chi connectivity index (χ1) is 9.49. The molecule has 0 heterocycles. The molecule has 0 fully saturated rings. The van der Waals surface area contributed by atoms with Gasteiger partial charge in [0.25, 0.3) is 0 Å². The summed E-state index contributed by atoms with van der Waals surface area (Å²) in [5.74, 6) is -0.528. The maximum absolute atomic E-state index is 12.0. The quantitative estimate of drug-likeness (QED) is 0.658. The van der Waals surface area contributed by atoms with Gasteiger partial charge in [-0.25, -0.2) is 0 Å². The van der Waals surface area contributed by atoms with E-state index in [1.54, 1.807) is 13.0 Å². The van der Waals surface area contributed by atoms with E-state index in [1.807, 2.05) is 24.3 Å². The Morgan fingerprint density at radius 2 is 1.75 bits per heavy atom. The number of carbonyl (C=O) groups is 1. The lowest BCUT2D eigenvalue weighted by molar-refractivity contribution is 0.104. The third-order valence-corrected chi connectivity index (χ3v) is 3.49. The fourth-order valence-electron chi connectivity index (χ4n) is 1.72. The zero-order chi connectivity index (χ0) is 14.7. The number of hydrogen-bond donors (Lipinski definition) is 2. The predicted octanol–water partition coefficient (Wildman–Crippen LogP) is 4.06. The minimum atomic E-state index is -0.312. The lowest BCUT2D eigenvalue weighted by atomic mass is 10.0. The maximum atomic E-state index is 12.0. The van der Waals surface area contributed by atoms with E-state index >= 15 is 0 Å². The van der Waals surface area contributed by atoms with Crippen molar-refractivity contribution in [1.29, 1.82) is 0 Å². The number of carbonyl (C=O) groups excluding carboxylic acids is 1. The minimum Gasteiger partial charge on any atom is -0.508 e. The topological polar surface area (TPSA) is 57.5 Å². The summed E-state index contributed by atoms with van der Waals surface area (Å²) in [6, 6.07) is 10.3. The van der Waals surface area contributed by atoms with Crippen LogP contribution in [-0.2, 0) is 0 Å². The Hall–Kier alpha value is -2.07. The van der Waals surface area contributed by atoms with E-state index in [0.717, 1.165) is 10.0 Å². The zero-order valence-corrected chi connectivity index (χ0v) is 12.4. The molecule has 0 aliphatic carbocycles. The lowest BCUT2D eigenvalue weighted by Gasteiger charge is -2.05. The van der Waals surface area contributed by atoms with Crippen molar-refractivity contribution >= 4 is 27.8 Å². The Labute approximate surface area is 125 Å². The lowest BCUT2D eigenvalue weighted by Crippen LogP contribution is -1.96. The van der Waals surface area contributed by atoms with Crippen LogP contribution in [0.3, 0.4) is 0 Å². The highest BCUT2D eigenvalue weighted by Crippen LogP contribution is 2.29. The number of allylic oxidation sites excluding steroid dienone is 1. The molecule has 0 bridgehead atoms. The van der Waals surface area contributed by atoms with Gasteiger partial charge in [0.05, 0.1) is 5.56 Å². The van der Waals surface area contributed by atoms with Crippen molar-refractivity contribution in [1.82, 2.24) is 0 Å². The molecule has 0 aromatic heterocycles. The SMILES string of the molecule is Cc1c(O)ccc(C(=O)/C=C/c2ccc(Br)cc2)c1O. The zero-order valence-electron chi connectivity index (χ0n) is 10.8. The minimum absolute atomic E-state index is 0.0315. The predicted molar refractivity (Wildman–Crippen MR) is 82.0 cm³/mol. The van der Waals surface area contributed by atoms with Crippen LogP contribution in [0.5, 0.6) is 11.5 Å². The van der Waals surface area contributed by atoms with Gasteiger partial charge in [-0.3, -0.25) is 4.79 Å². The average Bonchev–Trinajstić information content (AvgIpc) is 2.44. The van der Waals surface area contributed by atoms with Gasteiger partial charge in [0.15, 0.2) is 5.78 Å². The molecule has 102 valence electrons. The second-order valence-corrected chi connectivity index (χ2v) is 5.27. The van der Waals surface area contributed by atoms with E-state index in [0.29, 0.717) is 5.56 Å². The summed E-state index contributed by atoms with van der Waals surface area (Å²) in [6.07, 6.45) is 3.07. The third kappa shape index (κ3) is 3.08. The molecular formula is C16H13BrO3. The normalized spacial score (nSPS) is 10.9. The second kappa shape index (κ2) is 5.92. The Morgan fingerprint density at radius 3 is 2.40 bits per heavy atom. The van der Waals surface area contributed by atoms with Crippen molar-refractivity contribution in [3.05, 3.63) is 63.6 Å². The standard InChI is InChI=1S/C16H13BrO3/c1-10-14(18)9-7-13(16(10)20)15(19)8-4-11-2-5-12(17)6-3-11/h2-9,18,20H,1H3/b8-4+. The molecule has 0 aliphatic heterocycles. The Morgan fingerprint density at radius 1 is 1.10 bits per heavy atom. The number of ketones is 1. The van der Waals surface area contributed by atoms with E-state index in [4.69, 9.17) is 0 Å². The molecule has 0 atom stereocenters. The van der Waals surface area contributed by atoms with Crippen LogP contribution < -0.4 is 0 Å². The summed E-state index contributed by atoms with van der Waals surface area (Å²) in [7, 11) is 0. The van der Waals surface area contributed by atoms with Crippen LogP contribution in [0.4, 0.5) is 0 Å². The van der Waals surface area contributed by atoms with E-state index in [-0.39, 0.29) is 22.8 Å². The number of hydrogen-bond acceptors (Lipinski definition) is 3. The fourth-order valence-corrected chi connectivity index (χ4v) is 1.99. The van der Waals surface area contributed by atoms with Gasteiger partial charge in [-0.05, 0) is 42.8 Å². The van der Waals surface area contributed by atoms with Crippen LogP contribution in [0, 0.1) is 6.92 Å². The van der Waals surface area contributed by atoms with Crippen molar-refractivity contribution in [3.63, 3.8) is 0 Å². The first kappa shape index (κ1) is 14.3. The van der Waals surface area contributed by atoms with Crippen molar-refractivity contribution < 1.29 is 15.0 Å². The van der Waals surface area contributed by atoms with Crippen LogP contribution in [-0.4, -0.2) is 16.0 Å². The van der Waals surface area contributed by atoms with Crippen molar-refractivity contribution in [2.75, 3.05) is 0 Å². The summed E-state index contributed by atoms with van der Waals surface area (Å²) in [5.41, 5.74) is 1.36. The summed E-state index contributed by atoms with van der Waals surface area (Å²) < 4.78 is 0.966. The molecule has 2 N–H and O–H groups in total. The van der Waals surface area contributed by atoms with Crippen LogP contribution >= 0.6 is 15.9 Å². The van der Waals surface area contributed by atoms with E-state index in [1.165, 1.54) is 18.2 Å². The van der Waals surface area contributed by atoms with E-state index in [2.05, 4.69) is 15.9 Å². The van der Waals surface area contributed by atoms with Crippen LogP contribution in [0.2, 0.25) is 0 Å². The molecule has 2 rings (SSSR count). The number of halogens is 1. The second-order valence-electron chi connectivity index (χ2n) is 4.35. The van der Waals surface area contributed by atoms with Crippen molar-refractivity contribution in [2.24, 2.45) is 0 Å². The Kier molecular flexibility index (Phi) is 4.25. The van der Waals surface area contributed by atoms with Gasteiger partial charge in [0.2, 0.25) is 0 Å². The number of aromatic hydroxyl groups is 2. The Bertz CT molecular complexity index is 673. The third-order valence-electron chi connectivity index (χ3n) is 2.97. The highest BCUT2D eigenvalue weighted by molar-refractivity contribution is 9.10. The smallest absolute Gasteiger partial charge is 0.189 e. The molecule has 0 spiro atoms. The van der Waals surface area contributed by atoms with Gasteiger partial charge >= 0.3 is 0 Å². The molecule has 0 unspecified atom stereocenters. The molecule has 20 heavy (non-hydrogen) atoms. The highest BCUT2D eigenvalue weighted by Gasteiger charge is 2.12. The summed E-state index contributed by atoms with van der Waals surface area (Å²) in [6.45, 7) is 1.56. The van der Waals surface area contributed by atoms with Crippen LogP contribution in [0.25, 0.3) is 6.08 Å². The van der Waals surface area contributed by atoms with E-state index in [9.17, 15) is 15.0 Å². The maximum Gasteiger partial charge on any atom is 0.189 e. The molecular weight excluding hydrogens is 320 g/mol. The Balaban J connectivity index is 2.24. The van der Waals surface area contributed by atoms with Crippen LogP contribution in [0.15, 0.2) is 46.9 Å². The molecule has 2 aromatic rings. The average molecular weight is 333 g/mol. The molecule has 0 radical (unpaired) electrons. The van der Waals surface area contributed by atoms with Gasteiger partial charge in [-0.1, -0.05) is 34.1 Å². The molecule has 2 aromatic carbocycles.